The maximum atomic E-state index is 13.3. The molecule has 172 valence electrons. The van der Waals surface area contributed by atoms with Crippen LogP contribution in [0.15, 0.2) is 72.9 Å². The zero-order valence-electron chi connectivity index (χ0n) is 18.8. The minimum atomic E-state index is -0.118. The fraction of sp³-hybridized carbons (Fsp3) is 0.333. The number of carbonyl (C=O) groups is 2. The number of hydrogen-bond donors (Lipinski definition) is 2. The molecule has 33 heavy (non-hydrogen) atoms. The Hall–Kier alpha value is -3.22. The van der Waals surface area contributed by atoms with E-state index in [1.165, 1.54) is 0 Å². The van der Waals surface area contributed by atoms with Crippen molar-refractivity contribution in [2.24, 2.45) is 0 Å². The maximum Gasteiger partial charge on any atom is 0.270 e. The van der Waals surface area contributed by atoms with Gasteiger partial charge in [0.15, 0.2) is 5.78 Å². The Morgan fingerprint density at radius 2 is 1.58 bits per heavy atom. The number of aliphatic hydroxyl groups excluding tert-OH is 1. The average Bonchev–Trinajstić information content (AvgIpc) is 3.56. The Balaban J connectivity index is 1.57. The van der Waals surface area contributed by atoms with Crippen LogP contribution in [0.2, 0.25) is 0 Å². The third kappa shape index (κ3) is 5.59. The van der Waals surface area contributed by atoms with Crippen LogP contribution in [0.5, 0.6) is 0 Å². The van der Waals surface area contributed by atoms with Gasteiger partial charge in [-0.1, -0.05) is 60.7 Å². The van der Waals surface area contributed by atoms with Gasteiger partial charge in [-0.2, -0.15) is 0 Å². The van der Waals surface area contributed by atoms with Gasteiger partial charge in [0.05, 0.1) is 12.6 Å². The number of nitrogens with one attached hydrogen (secondary N) is 1. The predicted molar refractivity (Wildman–Crippen MR) is 128 cm³/mol. The molecule has 2 N–H and O–H groups in total. The lowest BCUT2D eigenvalue weighted by molar-refractivity contribution is 0.0787. The fourth-order valence-electron chi connectivity index (χ4n) is 4.50. The van der Waals surface area contributed by atoms with Gasteiger partial charge in [0.1, 0.15) is 5.69 Å². The van der Waals surface area contributed by atoms with Crippen molar-refractivity contribution in [3.8, 4) is 0 Å². The van der Waals surface area contributed by atoms with E-state index in [0.29, 0.717) is 24.2 Å². The Morgan fingerprint density at radius 1 is 0.970 bits per heavy atom. The van der Waals surface area contributed by atoms with Gasteiger partial charge in [-0.05, 0) is 36.5 Å². The molecule has 1 aromatic heterocycles. The fourth-order valence-corrected chi connectivity index (χ4v) is 4.50. The zero-order chi connectivity index (χ0) is 23.0. The lowest BCUT2D eigenvalue weighted by atomic mass is 9.96. The monoisotopic (exact) mass is 445 g/mol. The highest BCUT2D eigenvalue weighted by atomic mass is 16.3. The first-order valence-electron chi connectivity index (χ1n) is 11.6. The third-order valence-electron chi connectivity index (χ3n) is 6.17. The molecule has 0 spiro atoms. The molecule has 0 unspecified atom stereocenters. The van der Waals surface area contributed by atoms with Crippen LogP contribution in [0, 0.1) is 0 Å². The van der Waals surface area contributed by atoms with Gasteiger partial charge in [0.2, 0.25) is 0 Å². The molecule has 0 atom stereocenters. The van der Waals surface area contributed by atoms with Gasteiger partial charge >= 0.3 is 0 Å². The van der Waals surface area contributed by atoms with Crippen molar-refractivity contribution < 1.29 is 14.7 Å². The molecule has 6 heteroatoms. The molecule has 3 aromatic rings. The van der Waals surface area contributed by atoms with Gasteiger partial charge in [-0.3, -0.25) is 14.5 Å². The highest BCUT2D eigenvalue weighted by molar-refractivity contribution is 6.01. The molecule has 6 nitrogen and oxygen atoms in total. The van der Waals surface area contributed by atoms with E-state index < -0.39 is 0 Å². The smallest absolute Gasteiger partial charge is 0.270 e. The van der Waals surface area contributed by atoms with Gasteiger partial charge in [0.25, 0.3) is 5.91 Å². The number of aromatic nitrogens is 1. The van der Waals surface area contributed by atoms with Crippen LogP contribution < -0.4 is 0 Å². The molecule has 1 aliphatic heterocycles. The Morgan fingerprint density at radius 3 is 2.15 bits per heavy atom. The van der Waals surface area contributed by atoms with Crippen LogP contribution in [0.4, 0.5) is 0 Å². The van der Waals surface area contributed by atoms with E-state index in [9.17, 15) is 14.7 Å². The summed E-state index contributed by atoms with van der Waals surface area (Å²) < 4.78 is 0. The number of hydrogen-bond acceptors (Lipinski definition) is 4. The van der Waals surface area contributed by atoms with E-state index in [1.54, 1.807) is 12.3 Å². The average molecular weight is 446 g/mol. The number of amides is 1. The quantitative estimate of drug-likeness (QED) is 0.464. The molecule has 0 bridgehead atoms. The third-order valence-corrected chi connectivity index (χ3v) is 6.17. The van der Waals surface area contributed by atoms with Gasteiger partial charge < -0.3 is 15.0 Å². The Labute approximate surface area is 194 Å². The molecule has 1 amide bonds. The number of rotatable bonds is 10. The standard InChI is InChI=1S/C27H31N3O3/c31-17-9-16-30(26(21-10-3-1-4-11-21)22-12-5-2-6-13-22)20-25(32)23-18-24(28-19-23)27(33)29-14-7-8-15-29/h1-6,10-13,18-19,26,28,31H,7-9,14-17,20H2. The number of ketones is 1. The number of carbonyl (C=O) groups excluding carboxylic acids is 2. The van der Waals surface area contributed by atoms with Crippen LogP contribution >= 0.6 is 0 Å². The van der Waals surface area contributed by atoms with Crippen LogP contribution in [-0.4, -0.2) is 64.4 Å². The Bertz CT molecular complexity index is 1000. The summed E-state index contributed by atoms with van der Waals surface area (Å²) in [5, 5.41) is 9.50. The summed E-state index contributed by atoms with van der Waals surface area (Å²) >= 11 is 0. The van der Waals surface area contributed by atoms with Gasteiger partial charge in [-0.15, -0.1) is 0 Å². The molecule has 1 fully saturated rings. The molecule has 2 heterocycles. The van der Waals surface area contributed by atoms with Crippen molar-refractivity contribution in [1.29, 1.82) is 0 Å². The van der Waals surface area contributed by atoms with E-state index in [1.807, 2.05) is 41.3 Å². The lowest BCUT2D eigenvalue weighted by Crippen LogP contribution is -2.35. The molecule has 0 saturated carbocycles. The van der Waals surface area contributed by atoms with Crippen molar-refractivity contribution in [3.63, 3.8) is 0 Å². The largest absolute Gasteiger partial charge is 0.396 e. The number of aromatic amines is 1. The van der Waals surface area contributed by atoms with Crippen molar-refractivity contribution in [3.05, 3.63) is 95.3 Å². The molecule has 0 aliphatic carbocycles. The normalized spacial score (nSPS) is 13.7. The van der Waals surface area contributed by atoms with E-state index in [-0.39, 0.29) is 30.9 Å². The first-order valence-corrected chi connectivity index (χ1v) is 11.6. The number of H-pyrrole nitrogens is 1. The Kier molecular flexibility index (Phi) is 7.70. The number of likely N-dealkylation sites (tertiary alicyclic amines) is 1. The van der Waals surface area contributed by atoms with Gasteiger partial charge in [-0.25, -0.2) is 0 Å². The number of Topliss-reactive ketones (excluding diaryl/α,β-unsaturated/α-hetero) is 1. The molecule has 2 aromatic carbocycles. The summed E-state index contributed by atoms with van der Waals surface area (Å²) in [7, 11) is 0. The minimum Gasteiger partial charge on any atom is -0.396 e. The maximum absolute atomic E-state index is 13.3. The molecule has 1 aliphatic rings. The number of benzene rings is 2. The van der Waals surface area contributed by atoms with Crippen molar-refractivity contribution >= 4 is 11.7 Å². The lowest BCUT2D eigenvalue weighted by Gasteiger charge is -2.32. The van der Waals surface area contributed by atoms with Crippen LogP contribution in [0.3, 0.4) is 0 Å². The molecular formula is C27H31N3O3. The van der Waals surface area contributed by atoms with Crippen LogP contribution in [0.25, 0.3) is 0 Å². The summed E-state index contributed by atoms with van der Waals surface area (Å²) in [4.78, 5) is 32.9. The van der Waals surface area contributed by atoms with Crippen LogP contribution in [-0.2, 0) is 0 Å². The van der Waals surface area contributed by atoms with E-state index in [2.05, 4.69) is 34.1 Å². The first kappa shape index (κ1) is 23.0. The SMILES string of the molecule is O=C(CN(CCCO)C(c1ccccc1)c1ccccc1)c1c[nH]c(C(=O)N2CCCC2)c1. The summed E-state index contributed by atoms with van der Waals surface area (Å²) in [5.41, 5.74) is 3.15. The summed E-state index contributed by atoms with van der Waals surface area (Å²) in [5.74, 6) is -0.100. The van der Waals surface area contributed by atoms with Crippen molar-refractivity contribution in [2.75, 3.05) is 32.8 Å². The summed E-state index contributed by atoms with van der Waals surface area (Å²) in [6.07, 6.45) is 4.25. The molecule has 1 saturated heterocycles. The number of nitrogens with zero attached hydrogens (tertiary/aromatic N) is 2. The van der Waals surface area contributed by atoms with Gasteiger partial charge in [0, 0.05) is 38.0 Å². The highest BCUT2D eigenvalue weighted by Gasteiger charge is 2.26. The molecular weight excluding hydrogens is 414 g/mol. The van der Waals surface area contributed by atoms with Crippen molar-refractivity contribution in [2.45, 2.75) is 25.3 Å². The second kappa shape index (κ2) is 11.1. The second-order valence-electron chi connectivity index (χ2n) is 8.50. The van der Waals surface area contributed by atoms with Crippen LogP contribution in [0.1, 0.15) is 57.3 Å². The first-order chi connectivity index (χ1) is 16.2. The van der Waals surface area contributed by atoms with E-state index in [0.717, 1.165) is 37.1 Å². The highest BCUT2D eigenvalue weighted by Crippen LogP contribution is 2.29. The molecule has 4 rings (SSSR count). The summed E-state index contributed by atoms with van der Waals surface area (Å²) in [6.45, 7) is 2.35. The second-order valence-corrected chi connectivity index (χ2v) is 8.50. The molecule has 0 radical (unpaired) electrons. The van der Waals surface area contributed by atoms with Crippen molar-refractivity contribution in [1.82, 2.24) is 14.8 Å². The number of aliphatic hydroxyl groups is 1. The summed E-state index contributed by atoms with van der Waals surface area (Å²) in [6, 6.07) is 21.8. The van der Waals surface area contributed by atoms with E-state index >= 15 is 0 Å². The van der Waals surface area contributed by atoms with E-state index in [4.69, 9.17) is 0 Å². The topological polar surface area (TPSA) is 76.6 Å². The minimum absolute atomic E-state index is 0.0462. The zero-order valence-corrected chi connectivity index (χ0v) is 18.8. The predicted octanol–water partition coefficient (Wildman–Crippen LogP) is 3.91.